The molecule has 1 aliphatic heterocycles. The van der Waals surface area contributed by atoms with Crippen molar-refractivity contribution in [2.45, 2.75) is 38.8 Å². The summed E-state index contributed by atoms with van der Waals surface area (Å²) in [5, 5.41) is 12.6. The number of aliphatic carboxylic acids is 1. The molecule has 1 aliphatic rings. The Morgan fingerprint density at radius 2 is 2.10 bits per heavy atom. The van der Waals surface area contributed by atoms with Gasteiger partial charge in [0.05, 0.1) is 6.54 Å². The van der Waals surface area contributed by atoms with Crippen LogP contribution < -0.4 is 5.32 Å². The predicted octanol–water partition coefficient (Wildman–Crippen LogP) is 2.35. The molecule has 1 fully saturated rings. The van der Waals surface area contributed by atoms with Gasteiger partial charge in [-0.05, 0) is 24.3 Å². The molecule has 0 radical (unpaired) electrons. The second kappa shape index (κ2) is 8.15. The van der Waals surface area contributed by atoms with Crippen LogP contribution in [0.15, 0.2) is 30.3 Å². The molecule has 2 atom stereocenters. The van der Waals surface area contributed by atoms with Crippen LogP contribution in [0.4, 0.5) is 0 Å². The van der Waals surface area contributed by atoms with Crippen molar-refractivity contribution in [2.75, 3.05) is 19.6 Å². The molecular weight excluding hydrogens is 264 g/mol. The van der Waals surface area contributed by atoms with Crippen LogP contribution in [0.2, 0.25) is 0 Å². The van der Waals surface area contributed by atoms with Crippen molar-refractivity contribution in [2.24, 2.45) is 5.92 Å². The first-order valence-corrected chi connectivity index (χ1v) is 7.88. The molecule has 1 saturated heterocycles. The first kappa shape index (κ1) is 16.0. The summed E-state index contributed by atoms with van der Waals surface area (Å²) in [5.41, 5.74) is 1.28. The Hall–Kier alpha value is -1.39. The third kappa shape index (κ3) is 5.48. The summed E-state index contributed by atoms with van der Waals surface area (Å²) in [6.45, 7) is 4.96. The maximum Gasteiger partial charge on any atom is 0.317 e. The van der Waals surface area contributed by atoms with Crippen molar-refractivity contribution in [3.05, 3.63) is 35.9 Å². The number of carboxylic acid groups (broad SMARTS) is 1. The van der Waals surface area contributed by atoms with Crippen molar-refractivity contribution in [3.63, 3.8) is 0 Å². The number of carboxylic acids is 1. The number of hydrogen-bond acceptors (Lipinski definition) is 3. The highest BCUT2D eigenvalue weighted by Crippen LogP contribution is 2.21. The average molecular weight is 290 g/mol. The van der Waals surface area contributed by atoms with Gasteiger partial charge < -0.3 is 10.4 Å². The minimum atomic E-state index is -0.728. The monoisotopic (exact) mass is 290 g/mol. The van der Waals surface area contributed by atoms with Crippen molar-refractivity contribution >= 4 is 5.97 Å². The maximum atomic E-state index is 11.0. The fraction of sp³-hybridized carbons (Fsp3) is 0.588. The Bertz CT molecular complexity index is 436. The predicted molar refractivity (Wildman–Crippen MR) is 84.2 cm³/mol. The van der Waals surface area contributed by atoms with Crippen LogP contribution in [0.25, 0.3) is 0 Å². The van der Waals surface area contributed by atoms with E-state index in [2.05, 4.69) is 41.4 Å². The first-order valence-electron chi connectivity index (χ1n) is 7.88. The van der Waals surface area contributed by atoms with Gasteiger partial charge >= 0.3 is 5.97 Å². The zero-order valence-corrected chi connectivity index (χ0v) is 12.8. The number of carbonyl (C=O) groups is 1. The second-order valence-corrected chi connectivity index (χ2v) is 6.04. The smallest absolute Gasteiger partial charge is 0.317 e. The van der Waals surface area contributed by atoms with Crippen LogP contribution >= 0.6 is 0 Å². The molecule has 0 aromatic heterocycles. The van der Waals surface area contributed by atoms with Crippen LogP contribution in [0.1, 0.15) is 31.7 Å². The third-order valence-electron chi connectivity index (χ3n) is 4.11. The van der Waals surface area contributed by atoms with E-state index in [4.69, 9.17) is 5.11 Å². The Morgan fingerprint density at radius 3 is 2.76 bits per heavy atom. The van der Waals surface area contributed by atoms with Gasteiger partial charge in [0.15, 0.2) is 0 Å². The van der Waals surface area contributed by atoms with Gasteiger partial charge in [0, 0.05) is 25.7 Å². The Balaban J connectivity index is 1.88. The summed E-state index contributed by atoms with van der Waals surface area (Å²) in [6.07, 6.45) is 3.49. The van der Waals surface area contributed by atoms with Crippen LogP contribution in [0.5, 0.6) is 0 Å². The van der Waals surface area contributed by atoms with Gasteiger partial charge in [-0.2, -0.15) is 0 Å². The van der Waals surface area contributed by atoms with Gasteiger partial charge in [-0.15, -0.1) is 0 Å². The molecule has 1 aromatic carbocycles. The highest BCUT2D eigenvalue weighted by atomic mass is 16.4. The lowest BCUT2D eigenvalue weighted by molar-refractivity contribution is -0.138. The average Bonchev–Trinajstić information content (AvgIpc) is 2.46. The third-order valence-corrected chi connectivity index (χ3v) is 4.11. The van der Waals surface area contributed by atoms with E-state index in [1.807, 2.05) is 6.07 Å². The molecule has 0 aliphatic carbocycles. The number of benzene rings is 1. The van der Waals surface area contributed by atoms with Crippen LogP contribution in [0.3, 0.4) is 0 Å². The Morgan fingerprint density at radius 1 is 1.33 bits per heavy atom. The number of hydrogen-bond donors (Lipinski definition) is 2. The van der Waals surface area contributed by atoms with E-state index in [9.17, 15) is 4.79 Å². The largest absolute Gasteiger partial charge is 0.480 e. The minimum Gasteiger partial charge on any atom is -0.480 e. The summed E-state index contributed by atoms with van der Waals surface area (Å²) >= 11 is 0. The summed E-state index contributed by atoms with van der Waals surface area (Å²) < 4.78 is 0. The molecule has 0 amide bonds. The molecule has 2 unspecified atom stereocenters. The fourth-order valence-corrected chi connectivity index (χ4v) is 3.25. The highest BCUT2D eigenvalue weighted by molar-refractivity contribution is 5.69. The van der Waals surface area contributed by atoms with E-state index in [-0.39, 0.29) is 6.54 Å². The van der Waals surface area contributed by atoms with E-state index >= 15 is 0 Å². The van der Waals surface area contributed by atoms with Gasteiger partial charge in [0.25, 0.3) is 0 Å². The molecular formula is C17H26N2O2. The standard InChI is InChI=1S/C17H26N2O2/c1-2-6-15-9-16(12-19(11-15)13-17(20)21)18-10-14-7-4-3-5-8-14/h3-5,7-8,15-16,18H,2,6,9-13H2,1H3,(H,20,21). The molecule has 4 heteroatoms. The van der Waals surface area contributed by atoms with Crippen molar-refractivity contribution in [3.8, 4) is 0 Å². The van der Waals surface area contributed by atoms with E-state index in [0.717, 1.165) is 32.5 Å². The maximum absolute atomic E-state index is 11.0. The van der Waals surface area contributed by atoms with Crippen molar-refractivity contribution in [1.29, 1.82) is 0 Å². The summed E-state index contributed by atoms with van der Waals surface area (Å²) in [4.78, 5) is 13.0. The Kier molecular flexibility index (Phi) is 6.21. The number of nitrogens with zero attached hydrogens (tertiary/aromatic N) is 1. The van der Waals surface area contributed by atoms with Gasteiger partial charge in [-0.25, -0.2) is 0 Å². The van der Waals surface area contributed by atoms with E-state index < -0.39 is 5.97 Å². The van der Waals surface area contributed by atoms with Gasteiger partial charge in [0.1, 0.15) is 0 Å². The summed E-state index contributed by atoms with van der Waals surface area (Å²) in [6, 6.07) is 10.7. The molecule has 0 bridgehead atoms. The zero-order valence-electron chi connectivity index (χ0n) is 12.8. The molecule has 4 nitrogen and oxygen atoms in total. The fourth-order valence-electron chi connectivity index (χ4n) is 3.25. The molecule has 1 heterocycles. The summed E-state index contributed by atoms with van der Waals surface area (Å²) in [7, 11) is 0. The van der Waals surface area contributed by atoms with Crippen molar-refractivity contribution < 1.29 is 9.90 Å². The number of likely N-dealkylation sites (tertiary alicyclic amines) is 1. The lowest BCUT2D eigenvalue weighted by Gasteiger charge is -2.37. The van der Waals surface area contributed by atoms with Crippen LogP contribution in [-0.2, 0) is 11.3 Å². The molecule has 21 heavy (non-hydrogen) atoms. The van der Waals surface area contributed by atoms with Crippen LogP contribution in [-0.4, -0.2) is 41.7 Å². The molecule has 0 spiro atoms. The van der Waals surface area contributed by atoms with Gasteiger partial charge in [-0.1, -0.05) is 43.7 Å². The van der Waals surface area contributed by atoms with E-state index in [0.29, 0.717) is 12.0 Å². The first-order chi connectivity index (χ1) is 10.2. The lowest BCUT2D eigenvalue weighted by Crippen LogP contribution is -2.50. The normalized spacial score (nSPS) is 23.1. The number of piperidine rings is 1. The molecule has 1 aromatic rings. The zero-order chi connectivity index (χ0) is 15.1. The SMILES string of the molecule is CCCC1CC(NCc2ccccc2)CN(CC(=O)O)C1. The topological polar surface area (TPSA) is 52.6 Å². The number of nitrogens with one attached hydrogen (secondary N) is 1. The van der Waals surface area contributed by atoms with Crippen molar-refractivity contribution in [1.82, 2.24) is 10.2 Å². The van der Waals surface area contributed by atoms with Crippen LogP contribution in [0, 0.1) is 5.92 Å². The summed E-state index contributed by atoms with van der Waals surface area (Å²) in [5.74, 6) is -0.120. The molecule has 116 valence electrons. The number of rotatable bonds is 7. The molecule has 2 rings (SSSR count). The second-order valence-electron chi connectivity index (χ2n) is 6.04. The quantitative estimate of drug-likeness (QED) is 0.809. The van der Waals surface area contributed by atoms with E-state index in [1.54, 1.807) is 0 Å². The highest BCUT2D eigenvalue weighted by Gasteiger charge is 2.27. The molecule has 2 N–H and O–H groups in total. The lowest BCUT2D eigenvalue weighted by atomic mass is 9.90. The van der Waals surface area contributed by atoms with Gasteiger partial charge in [-0.3, -0.25) is 9.69 Å². The molecule has 0 saturated carbocycles. The van der Waals surface area contributed by atoms with E-state index in [1.165, 1.54) is 12.0 Å². The Labute approximate surface area is 127 Å². The van der Waals surface area contributed by atoms with Gasteiger partial charge in [0.2, 0.25) is 0 Å². The minimum absolute atomic E-state index is 0.156.